The lowest BCUT2D eigenvalue weighted by Crippen LogP contribution is -1.93. The third-order valence-electron chi connectivity index (χ3n) is 1.69. The Kier molecular flexibility index (Phi) is 2.77. The molecule has 0 nitrogen and oxygen atoms in total. The van der Waals surface area contributed by atoms with Crippen molar-refractivity contribution in [2.75, 3.05) is 0 Å². The number of benzene rings is 1. The molecule has 0 atom stereocenters. The van der Waals surface area contributed by atoms with E-state index in [1.54, 1.807) is 0 Å². The summed E-state index contributed by atoms with van der Waals surface area (Å²) in [6, 6.07) is 8.36. The molecule has 0 N–H and O–H groups in total. The minimum Gasteiger partial charge on any atom is -0.0843 e. The first-order valence-corrected chi connectivity index (χ1v) is 4.24. The molecule has 58 valence electrons. The average molecular weight is 164 g/mol. The summed E-state index contributed by atoms with van der Waals surface area (Å²) < 4.78 is 0. The molecule has 11 heavy (non-hydrogen) atoms. The molecule has 1 aromatic carbocycles. The lowest BCUT2D eigenvalue weighted by Gasteiger charge is -1.99. The first-order chi connectivity index (χ1) is 5.24. The van der Waals surface area contributed by atoms with Gasteiger partial charge in [0.05, 0.1) is 0 Å². The van der Waals surface area contributed by atoms with Crippen molar-refractivity contribution in [1.82, 2.24) is 0 Å². The highest BCUT2D eigenvalue weighted by Gasteiger charge is 1.95. The molecular formula is C10H12S. The Hall–Kier alpha value is -0.690. The van der Waals surface area contributed by atoms with E-state index in [0.29, 0.717) is 0 Å². The highest BCUT2D eigenvalue weighted by molar-refractivity contribution is 7.80. The van der Waals surface area contributed by atoms with Gasteiger partial charge in [0.2, 0.25) is 0 Å². The van der Waals surface area contributed by atoms with Gasteiger partial charge < -0.3 is 0 Å². The summed E-state index contributed by atoms with van der Waals surface area (Å²) >= 11 is 5.17. The minimum atomic E-state index is 0.957. The highest BCUT2D eigenvalue weighted by Crippen LogP contribution is 2.06. The van der Waals surface area contributed by atoms with Crippen LogP contribution < -0.4 is 0 Å². The van der Waals surface area contributed by atoms with E-state index >= 15 is 0 Å². The molecule has 0 saturated heterocycles. The van der Waals surface area contributed by atoms with Gasteiger partial charge in [0.25, 0.3) is 0 Å². The van der Waals surface area contributed by atoms with Gasteiger partial charge in [-0.3, -0.25) is 0 Å². The second-order valence-electron chi connectivity index (χ2n) is 2.64. The van der Waals surface area contributed by atoms with Gasteiger partial charge in [-0.1, -0.05) is 49.0 Å². The van der Waals surface area contributed by atoms with Crippen LogP contribution in [0, 0.1) is 6.92 Å². The summed E-state index contributed by atoms with van der Waals surface area (Å²) in [5.41, 5.74) is 2.47. The van der Waals surface area contributed by atoms with Gasteiger partial charge in [-0.15, -0.1) is 0 Å². The third kappa shape index (κ3) is 2.12. The van der Waals surface area contributed by atoms with E-state index in [4.69, 9.17) is 12.2 Å². The molecule has 0 aliphatic carbocycles. The topological polar surface area (TPSA) is 0 Å². The zero-order valence-corrected chi connectivity index (χ0v) is 7.74. The van der Waals surface area contributed by atoms with Crippen LogP contribution in [0.2, 0.25) is 0 Å². The van der Waals surface area contributed by atoms with Crippen LogP contribution in [0.1, 0.15) is 24.5 Å². The van der Waals surface area contributed by atoms with Gasteiger partial charge in [0.1, 0.15) is 0 Å². The van der Waals surface area contributed by atoms with Crippen LogP contribution in [0.4, 0.5) is 0 Å². The molecule has 0 aliphatic rings. The fourth-order valence-corrected chi connectivity index (χ4v) is 1.08. The quantitative estimate of drug-likeness (QED) is 0.478. The lowest BCUT2D eigenvalue weighted by atomic mass is 10.1. The SMILES string of the molecule is CCC(=S)c1ccc(C)cc1. The second kappa shape index (κ2) is 3.63. The zero-order valence-electron chi connectivity index (χ0n) is 6.92. The number of hydrogen-bond acceptors (Lipinski definition) is 1. The van der Waals surface area contributed by atoms with Crippen molar-refractivity contribution < 1.29 is 0 Å². The summed E-state index contributed by atoms with van der Waals surface area (Å²) in [5, 5.41) is 0. The molecule has 0 saturated carbocycles. The van der Waals surface area contributed by atoms with Gasteiger partial charge in [-0.2, -0.15) is 0 Å². The van der Waals surface area contributed by atoms with Gasteiger partial charge in [0.15, 0.2) is 0 Å². The van der Waals surface area contributed by atoms with Crippen LogP contribution in [0.3, 0.4) is 0 Å². The molecule has 0 aromatic heterocycles. The van der Waals surface area contributed by atoms with Gasteiger partial charge in [-0.25, -0.2) is 0 Å². The minimum absolute atomic E-state index is 0.957. The Bertz CT molecular complexity index is 246. The van der Waals surface area contributed by atoms with Crippen molar-refractivity contribution in [3.8, 4) is 0 Å². The molecule has 0 amide bonds. The molecule has 0 aliphatic heterocycles. The van der Waals surface area contributed by atoms with Gasteiger partial charge in [0, 0.05) is 4.86 Å². The van der Waals surface area contributed by atoms with Gasteiger partial charge in [-0.05, 0) is 18.9 Å². The van der Waals surface area contributed by atoms with E-state index in [1.807, 2.05) is 0 Å². The molecule has 1 rings (SSSR count). The fraction of sp³-hybridized carbons (Fsp3) is 0.300. The van der Waals surface area contributed by atoms with Crippen molar-refractivity contribution in [1.29, 1.82) is 0 Å². The van der Waals surface area contributed by atoms with Crippen molar-refractivity contribution in [2.45, 2.75) is 20.3 Å². The Morgan fingerprint density at radius 1 is 1.27 bits per heavy atom. The van der Waals surface area contributed by atoms with Crippen molar-refractivity contribution >= 4 is 17.1 Å². The molecule has 0 unspecified atom stereocenters. The third-order valence-corrected chi connectivity index (χ3v) is 2.22. The fourth-order valence-electron chi connectivity index (χ4n) is 0.944. The molecule has 0 radical (unpaired) electrons. The summed E-state index contributed by atoms with van der Waals surface area (Å²) in [4.78, 5) is 1.05. The highest BCUT2D eigenvalue weighted by atomic mass is 32.1. The monoisotopic (exact) mass is 164 g/mol. The molecule has 0 spiro atoms. The number of rotatable bonds is 2. The Morgan fingerprint density at radius 3 is 2.27 bits per heavy atom. The smallest absolute Gasteiger partial charge is 0.0221 e. The van der Waals surface area contributed by atoms with Crippen LogP contribution in [-0.4, -0.2) is 4.86 Å². The summed E-state index contributed by atoms with van der Waals surface area (Å²) in [6.45, 7) is 4.17. The van der Waals surface area contributed by atoms with E-state index in [9.17, 15) is 0 Å². The second-order valence-corrected chi connectivity index (χ2v) is 3.14. The molecule has 0 heterocycles. The largest absolute Gasteiger partial charge is 0.0843 e. The summed E-state index contributed by atoms with van der Waals surface area (Å²) in [6.07, 6.45) is 0.957. The van der Waals surface area contributed by atoms with E-state index < -0.39 is 0 Å². The van der Waals surface area contributed by atoms with Crippen LogP contribution >= 0.6 is 12.2 Å². The van der Waals surface area contributed by atoms with Crippen molar-refractivity contribution in [2.24, 2.45) is 0 Å². The first kappa shape index (κ1) is 8.41. The summed E-state index contributed by atoms with van der Waals surface area (Å²) in [7, 11) is 0. The molecule has 1 heteroatoms. The lowest BCUT2D eigenvalue weighted by molar-refractivity contribution is 1.31. The van der Waals surface area contributed by atoms with E-state index in [1.165, 1.54) is 11.1 Å². The summed E-state index contributed by atoms with van der Waals surface area (Å²) in [5.74, 6) is 0. The van der Waals surface area contributed by atoms with Crippen LogP contribution in [-0.2, 0) is 0 Å². The standard InChI is InChI=1S/C10H12S/c1-3-10(11)9-6-4-8(2)5-7-9/h4-7H,3H2,1-2H3. The maximum atomic E-state index is 5.17. The maximum Gasteiger partial charge on any atom is 0.0221 e. The van der Waals surface area contributed by atoms with E-state index in [-0.39, 0.29) is 0 Å². The Balaban J connectivity index is 2.90. The number of thiocarbonyl (C=S) groups is 1. The van der Waals surface area contributed by atoms with Crippen LogP contribution in [0.5, 0.6) is 0 Å². The number of aryl methyl sites for hydroxylation is 1. The van der Waals surface area contributed by atoms with E-state index in [2.05, 4.69) is 38.1 Å². The molecule has 0 fully saturated rings. The van der Waals surface area contributed by atoms with Crippen molar-refractivity contribution in [3.05, 3.63) is 35.4 Å². The predicted molar refractivity (Wildman–Crippen MR) is 53.2 cm³/mol. The maximum absolute atomic E-state index is 5.17. The normalized spacial score (nSPS) is 9.64. The molecule has 1 aromatic rings. The molecule has 0 bridgehead atoms. The number of hydrogen-bond donors (Lipinski definition) is 0. The predicted octanol–water partition coefficient (Wildman–Crippen LogP) is 3.12. The zero-order chi connectivity index (χ0) is 8.27. The van der Waals surface area contributed by atoms with Crippen molar-refractivity contribution in [3.63, 3.8) is 0 Å². The average Bonchev–Trinajstić information content (AvgIpc) is 2.05. The van der Waals surface area contributed by atoms with Crippen LogP contribution in [0.25, 0.3) is 0 Å². The van der Waals surface area contributed by atoms with Crippen LogP contribution in [0.15, 0.2) is 24.3 Å². The van der Waals surface area contributed by atoms with Gasteiger partial charge >= 0.3 is 0 Å². The first-order valence-electron chi connectivity index (χ1n) is 3.84. The molecular weight excluding hydrogens is 152 g/mol. The van der Waals surface area contributed by atoms with E-state index in [0.717, 1.165) is 11.3 Å². The Labute approximate surface area is 73.2 Å². The Morgan fingerprint density at radius 2 is 1.82 bits per heavy atom.